The topological polar surface area (TPSA) is 27.7 Å². The Hall–Kier alpha value is -3.09. The van der Waals surface area contributed by atoms with E-state index in [-0.39, 0.29) is 17.2 Å². The van der Waals surface area contributed by atoms with E-state index in [4.69, 9.17) is 14.2 Å². The van der Waals surface area contributed by atoms with E-state index in [0.29, 0.717) is 36.5 Å². The fraction of sp³-hybridized carbons (Fsp3) is 0.355. The summed E-state index contributed by atoms with van der Waals surface area (Å²) in [5.74, 6) is -2.34. The van der Waals surface area contributed by atoms with Gasteiger partial charge in [-0.25, -0.2) is 8.78 Å². The quantitative estimate of drug-likeness (QED) is 0.191. The molecule has 1 saturated heterocycles. The van der Waals surface area contributed by atoms with E-state index in [0.717, 1.165) is 37.7 Å². The third kappa shape index (κ3) is 6.62. The molecule has 3 aromatic carbocycles. The van der Waals surface area contributed by atoms with Crippen LogP contribution < -0.4 is 4.74 Å². The summed E-state index contributed by atoms with van der Waals surface area (Å²) in [6, 6.07) is 14.7. The average molecular weight is 511 g/mol. The van der Waals surface area contributed by atoms with Crippen LogP contribution in [0.1, 0.15) is 50.9 Å². The van der Waals surface area contributed by atoms with Crippen LogP contribution in [0.15, 0.2) is 67.3 Å². The summed E-state index contributed by atoms with van der Waals surface area (Å²) in [5.41, 5.74) is 2.40. The normalized spacial score (nSPS) is 17.5. The number of benzene rings is 3. The van der Waals surface area contributed by atoms with Gasteiger partial charge in [0, 0.05) is 17.0 Å². The number of hydrogen-bond donors (Lipinski definition) is 0. The van der Waals surface area contributed by atoms with Gasteiger partial charge in [0.1, 0.15) is 5.82 Å². The van der Waals surface area contributed by atoms with Gasteiger partial charge >= 0.3 is 0 Å². The largest absolute Gasteiger partial charge is 0.490 e. The second kappa shape index (κ2) is 12.9. The fourth-order valence-electron chi connectivity index (χ4n) is 4.33. The van der Waals surface area contributed by atoms with Crippen LogP contribution in [0.4, 0.5) is 13.2 Å². The molecule has 0 saturated carbocycles. The molecule has 1 aliphatic rings. The number of rotatable bonds is 11. The molecule has 0 atom stereocenters. The summed E-state index contributed by atoms with van der Waals surface area (Å²) < 4.78 is 61.0. The zero-order valence-electron chi connectivity index (χ0n) is 21.2. The van der Waals surface area contributed by atoms with Gasteiger partial charge in [0.2, 0.25) is 5.82 Å². The summed E-state index contributed by atoms with van der Waals surface area (Å²) >= 11 is 0. The van der Waals surface area contributed by atoms with E-state index in [1.807, 2.05) is 0 Å². The Kier molecular flexibility index (Phi) is 9.42. The van der Waals surface area contributed by atoms with Gasteiger partial charge < -0.3 is 14.2 Å². The molecule has 0 amide bonds. The Morgan fingerprint density at radius 2 is 1.51 bits per heavy atom. The Balaban J connectivity index is 1.42. The molecule has 0 aromatic heterocycles. The van der Waals surface area contributed by atoms with Gasteiger partial charge in [0.05, 0.1) is 19.8 Å². The van der Waals surface area contributed by atoms with Gasteiger partial charge in [-0.2, -0.15) is 4.39 Å². The summed E-state index contributed by atoms with van der Waals surface area (Å²) in [5, 5.41) is 0. The lowest BCUT2D eigenvalue weighted by Crippen LogP contribution is -2.26. The van der Waals surface area contributed by atoms with Crippen molar-refractivity contribution in [1.29, 1.82) is 0 Å². The van der Waals surface area contributed by atoms with Crippen LogP contribution >= 0.6 is 0 Å². The van der Waals surface area contributed by atoms with Crippen LogP contribution in [0.5, 0.6) is 5.75 Å². The van der Waals surface area contributed by atoms with E-state index >= 15 is 0 Å². The molecule has 0 aliphatic carbocycles. The lowest BCUT2D eigenvalue weighted by Gasteiger charge is -2.28. The Morgan fingerprint density at radius 1 is 0.838 bits per heavy atom. The molecule has 6 heteroatoms. The predicted molar refractivity (Wildman–Crippen MR) is 140 cm³/mol. The summed E-state index contributed by atoms with van der Waals surface area (Å²) in [4.78, 5) is 0. The Labute approximate surface area is 216 Å². The third-order valence-electron chi connectivity index (χ3n) is 6.59. The zero-order valence-corrected chi connectivity index (χ0v) is 21.2. The molecule has 0 spiro atoms. The molecule has 1 heterocycles. The van der Waals surface area contributed by atoms with Gasteiger partial charge in [-0.05, 0) is 41.3 Å². The highest BCUT2D eigenvalue weighted by atomic mass is 19.2. The fourth-order valence-corrected chi connectivity index (χ4v) is 4.33. The van der Waals surface area contributed by atoms with Crippen molar-refractivity contribution >= 4 is 0 Å². The molecule has 0 N–H and O–H groups in total. The highest BCUT2D eigenvalue weighted by molar-refractivity contribution is 5.71. The molecule has 3 aromatic rings. The molecule has 4 rings (SSSR count). The summed E-state index contributed by atoms with van der Waals surface area (Å²) in [7, 11) is 0. The van der Waals surface area contributed by atoms with E-state index in [1.54, 1.807) is 42.5 Å². The number of halogens is 3. The molecule has 1 aliphatic heterocycles. The first-order valence-corrected chi connectivity index (χ1v) is 12.9. The first kappa shape index (κ1) is 27.0. The number of ether oxygens (including phenoxy) is 3. The molecule has 3 nitrogen and oxygen atoms in total. The first-order valence-electron chi connectivity index (χ1n) is 12.9. The molecule has 0 unspecified atom stereocenters. The maximum atomic E-state index is 14.9. The van der Waals surface area contributed by atoms with Gasteiger partial charge in [-0.3, -0.25) is 0 Å². The van der Waals surface area contributed by atoms with Crippen molar-refractivity contribution in [2.45, 2.75) is 45.3 Å². The highest BCUT2D eigenvalue weighted by Crippen LogP contribution is 2.33. The lowest BCUT2D eigenvalue weighted by atomic mass is 9.98. The molecule has 1 fully saturated rings. The zero-order chi connectivity index (χ0) is 26.2. The third-order valence-corrected chi connectivity index (χ3v) is 6.59. The second-order valence-electron chi connectivity index (χ2n) is 9.31. The monoisotopic (exact) mass is 510 g/mol. The van der Waals surface area contributed by atoms with E-state index in [9.17, 15) is 13.2 Å². The van der Waals surface area contributed by atoms with Crippen molar-refractivity contribution in [2.75, 3.05) is 19.8 Å². The van der Waals surface area contributed by atoms with Crippen LogP contribution in [0.2, 0.25) is 0 Å². The van der Waals surface area contributed by atoms with Gasteiger partial charge in [0.25, 0.3) is 0 Å². The first-order chi connectivity index (χ1) is 18.0. The van der Waals surface area contributed by atoms with Crippen molar-refractivity contribution in [2.24, 2.45) is 5.92 Å². The van der Waals surface area contributed by atoms with Crippen molar-refractivity contribution in [3.8, 4) is 28.0 Å². The highest BCUT2D eigenvalue weighted by Gasteiger charge is 2.24. The minimum atomic E-state index is -0.987. The minimum Gasteiger partial charge on any atom is -0.490 e. The number of unbranched alkanes of at least 4 members (excludes halogenated alkanes) is 4. The average Bonchev–Trinajstić information content (AvgIpc) is 2.93. The van der Waals surface area contributed by atoms with Crippen molar-refractivity contribution in [3.63, 3.8) is 0 Å². The number of hydrogen-bond acceptors (Lipinski definition) is 3. The maximum absolute atomic E-state index is 14.9. The molecule has 0 bridgehead atoms. The molecule has 37 heavy (non-hydrogen) atoms. The maximum Gasteiger partial charge on any atom is 0.201 e. The van der Waals surface area contributed by atoms with Crippen LogP contribution in [-0.2, 0) is 9.47 Å². The summed E-state index contributed by atoms with van der Waals surface area (Å²) in [6.45, 7) is 7.09. The van der Waals surface area contributed by atoms with Crippen LogP contribution in [0.25, 0.3) is 22.3 Å². The Morgan fingerprint density at radius 3 is 2.19 bits per heavy atom. The molecule has 196 valence electrons. The standard InChI is InChI=1S/C31H33F3O3/c1-3-5-6-7-8-17-35-28-16-15-25(29(33)30(28)34)23-11-9-22(10-12-23)24-13-14-26(27(32)18-24)31-36-19-21(4-2)20-37-31/h4,9-16,18,21,31H,2-3,5-8,17,19-20H2,1H3. The van der Waals surface area contributed by atoms with Crippen molar-refractivity contribution in [3.05, 3.63) is 90.3 Å². The summed E-state index contributed by atoms with van der Waals surface area (Å²) in [6.07, 6.45) is 6.25. The Bertz CT molecular complexity index is 1190. The lowest BCUT2D eigenvalue weighted by molar-refractivity contribution is -0.198. The van der Waals surface area contributed by atoms with Gasteiger partial charge in [-0.15, -0.1) is 6.58 Å². The predicted octanol–water partition coefficient (Wildman–Crippen LogP) is 8.63. The molecular weight excluding hydrogens is 477 g/mol. The minimum absolute atomic E-state index is 0.0742. The second-order valence-corrected chi connectivity index (χ2v) is 9.31. The van der Waals surface area contributed by atoms with E-state index in [1.165, 1.54) is 18.2 Å². The van der Waals surface area contributed by atoms with Crippen LogP contribution in [-0.4, -0.2) is 19.8 Å². The van der Waals surface area contributed by atoms with E-state index < -0.39 is 23.7 Å². The molecule has 0 radical (unpaired) electrons. The van der Waals surface area contributed by atoms with Gasteiger partial charge in [-0.1, -0.05) is 75.1 Å². The molecular formula is C31H33F3O3. The van der Waals surface area contributed by atoms with Crippen molar-refractivity contribution < 1.29 is 27.4 Å². The van der Waals surface area contributed by atoms with Crippen molar-refractivity contribution in [1.82, 2.24) is 0 Å². The van der Waals surface area contributed by atoms with Gasteiger partial charge in [0.15, 0.2) is 17.9 Å². The van der Waals surface area contributed by atoms with E-state index in [2.05, 4.69) is 13.5 Å². The SMILES string of the molecule is C=CC1COC(c2ccc(-c3ccc(-c4ccc(OCCCCCCC)c(F)c4F)cc3)cc2F)OC1. The smallest absolute Gasteiger partial charge is 0.201 e. The van der Waals surface area contributed by atoms with Crippen LogP contribution in [0, 0.1) is 23.4 Å². The van der Waals surface area contributed by atoms with Crippen LogP contribution in [0.3, 0.4) is 0 Å².